The van der Waals surface area contributed by atoms with Gasteiger partial charge in [-0.15, -0.1) is 0 Å². The molecule has 0 amide bonds. The highest BCUT2D eigenvalue weighted by molar-refractivity contribution is 5.49. The molecule has 0 atom stereocenters. The molecule has 0 heterocycles. The standard InChI is InChI=1S/C16H25N/c1-3-14-10-11-16(12-13(14)2)17-15-8-6-4-5-7-9-15/h10-12,15,17H,3-9H2,1-2H3. The van der Waals surface area contributed by atoms with Crippen LogP contribution in [0, 0.1) is 6.92 Å². The Kier molecular flexibility index (Phi) is 4.47. The Bertz CT molecular complexity index is 349. The average molecular weight is 231 g/mol. The van der Waals surface area contributed by atoms with Gasteiger partial charge in [0.05, 0.1) is 0 Å². The Morgan fingerprint density at radius 3 is 2.41 bits per heavy atom. The van der Waals surface area contributed by atoms with Crippen molar-refractivity contribution in [2.24, 2.45) is 0 Å². The molecule has 0 aromatic heterocycles. The van der Waals surface area contributed by atoms with Gasteiger partial charge in [0, 0.05) is 11.7 Å². The van der Waals surface area contributed by atoms with Crippen LogP contribution in [0.1, 0.15) is 56.6 Å². The zero-order valence-corrected chi connectivity index (χ0v) is 11.3. The van der Waals surface area contributed by atoms with Crippen LogP contribution in [0.4, 0.5) is 5.69 Å². The van der Waals surface area contributed by atoms with Gasteiger partial charge in [-0.2, -0.15) is 0 Å². The maximum atomic E-state index is 3.71. The lowest BCUT2D eigenvalue weighted by Crippen LogP contribution is -2.18. The topological polar surface area (TPSA) is 12.0 Å². The molecule has 1 aromatic carbocycles. The molecule has 1 N–H and O–H groups in total. The summed E-state index contributed by atoms with van der Waals surface area (Å²) >= 11 is 0. The smallest absolute Gasteiger partial charge is 0.0345 e. The van der Waals surface area contributed by atoms with E-state index in [1.54, 1.807) is 0 Å². The Balaban J connectivity index is 1.99. The van der Waals surface area contributed by atoms with Gasteiger partial charge in [0.1, 0.15) is 0 Å². The lowest BCUT2D eigenvalue weighted by Gasteiger charge is -2.18. The van der Waals surface area contributed by atoms with Gasteiger partial charge in [-0.1, -0.05) is 38.7 Å². The van der Waals surface area contributed by atoms with Gasteiger partial charge < -0.3 is 5.32 Å². The minimum absolute atomic E-state index is 0.698. The van der Waals surface area contributed by atoms with E-state index in [0.717, 1.165) is 6.42 Å². The first-order chi connectivity index (χ1) is 8.29. The monoisotopic (exact) mass is 231 g/mol. The highest BCUT2D eigenvalue weighted by Crippen LogP contribution is 2.22. The number of benzene rings is 1. The maximum absolute atomic E-state index is 3.71. The van der Waals surface area contributed by atoms with Crippen LogP contribution in [0.2, 0.25) is 0 Å². The first-order valence-electron chi connectivity index (χ1n) is 7.15. The summed E-state index contributed by atoms with van der Waals surface area (Å²) < 4.78 is 0. The van der Waals surface area contributed by atoms with Gasteiger partial charge in [-0.25, -0.2) is 0 Å². The van der Waals surface area contributed by atoms with Crippen LogP contribution in [-0.4, -0.2) is 6.04 Å². The van der Waals surface area contributed by atoms with Gasteiger partial charge >= 0.3 is 0 Å². The van der Waals surface area contributed by atoms with E-state index in [1.165, 1.54) is 55.3 Å². The molecule has 1 nitrogen and oxygen atoms in total. The van der Waals surface area contributed by atoms with Crippen LogP contribution in [0.3, 0.4) is 0 Å². The van der Waals surface area contributed by atoms with Gasteiger partial charge in [-0.3, -0.25) is 0 Å². The summed E-state index contributed by atoms with van der Waals surface area (Å²) in [4.78, 5) is 0. The number of aryl methyl sites for hydroxylation is 2. The Morgan fingerprint density at radius 2 is 1.82 bits per heavy atom. The third-order valence-electron chi connectivity index (χ3n) is 3.95. The minimum Gasteiger partial charge on any atom is -0.382 e. The van der Waals surface area contributed by atoms with E-state index in [0.29, 0.717) is 6.04 Å². The van der Waals surface area contributed by atoms with Crippen LogP contribution in [0.15, 0.2) is 18.2 Å². The van der Waals surface area contributed by atoms with Gasteiger partial charge in [0.15, 0.2) is 0 Å². The molecule has 1 aliphatic rings. The molecule has 0 radical (unpaired) electrons. The third kappa shape index (κ3) is 3.49. The second kappa shape index (κ2) is 6.09. The van der Waals surface area contributed by atoms with Crippen molar-refractivity contribution in [2.45, 2.75) is 64.8 Å². The van der Waals surface area contributed by atoms with Crippen molar-refractivity contribution in [1.29, 1.82) is 0 Å². The summed E-state index contributed by atoms with van der Waals surface area (Å²) in [6.45, 7) is 4.44. The summed E-state index contributed by atoms with van der Waals surface area (Å²) in [5, 5.41) is 3.71. The van der Waals surface area contributed by atoms with Crippen LogP contribution in [-0.2, 0) is 6.42 Å². The summed E-state index contributed by atoms with van der Waals surface area (Å²) in [7, 11) is 0. The van der Waals surface area contributed by atoms with Crippen molar-refractivity contribution in [2.75, 3.05) is 5.32 Å². The van der Waals surface area contributed by atoms with Crippen LogP contribution in [0.25, 0.3) is 0 Å². The Labute approximate surface area is 106 Å². The number of nitrogens with one attached hydrogen (secondary N) is 1. The van der Waals surface area contributed by atoms with E-state index in [2.05, 4.69) is 37.4 Å². The van der Waals surface area contributed by atoms with E-state index in [9.17, 15) is 0 Å². The lowest BCUT2D eigenvalue weighted by atomic mass is 10.0. The van der Waals surface area contributed by atoms with Gasteiger partial charge in [0.2, 0.25) is 0 Å². The molecule has 1 fully saturated rings. The molecule has 0 aliphatic heterocycles. The molecule has 1 aromatic rings. The van der Waals surface area contributed by atoms with E-state index in [4.69, 9.17) is 0 Å². The van der Waals surface area contributed by atoms with Gasteiger partial charge in [-0.05, 0) is 49.4 Å². The van der Waals surface area contributed by atoms with Crippen molar-refractivity contribution in [3.8, 4) is 0 Å². The lowest BCUT2D eigenvalue weighted by molar-refractivity contribution is 0.620. The molecule has 2 rings (SSSR count). The van der Waals surface area contributed by atoms with Crippen molar-refractivity contribution in [1.82, 2.24) is 0 Å². The zero-order chi connectivity index (χ0) is 12.1. The average Bonchev–Trinajstić information content (AvgIpc) is 2.58. The second-order valence-corrected chi connectivity index (χ2v) is 5.33. The summed E-state index contributed by atoms with van der Waals surface area (Å²) in [5.74, 6) is 0. The molecule has 0 unspecified atom stereocenters. The zero-order valence-electron chi connectivity index (χ0n) is 11.3. The minimum atomic E-state index is 0.698. The highest BCUT2D eigenvalue weighted by atomic mass is 14.9. The Morgan fingerprint density at radius 1 is 1.12 bits per heavy atom. The summed E-state index contributed by atoms with van der Waals surface area (Å²) in [5.41, 5.74) is 4.20. The van der Waals surface area contributed by atoms with Crippen LogP contribution >= 0.6 is 0 Å². The molecular formula is C16H25N. The molecule has 94 valence electrons. The second-order valence-electron chi connectivity index (χ2n) is 5.33. The van der Waals surface area contributed by atoms with E-state index in [1.807, 2.05) is 0 Å². The first-order valence-corrected chi connectivity index (χ1v) is 7.15. The molecule has 0 spiro atoms. The number of hydrogen-bond donors (Lipinski definition) is 1. The largest absolute Gasteiger partial charge is 0.382 e. The molecule has 1 heteroatoms. The molecule has 17 heavy (non-hydrogen) atoms. The molecule has 1 aliphatic carbocycles. The van der Waals surface area contributed by atoms with Crippen molar-refractivity contribution in [3.63, 3.8) is 0 Å². The number of rotatable bonds is 3. The van der Waals surface area contributed by atoms with E-state index in [-0.39, 0.29) is 0 Å². The fourth-order valence-corrected chi connectivity index (χ4v) is 2.84. The molecular weight excluding hydrogens is 206 g/mol. The SMILES string of the molecule is CCc1ccc(NC2CCCCCC2)cc1C. The summed E-state index contributed by atoms with van der Waals surface area (Å²) in [6, 6.07) is 7.53. The number of anilines is 1. The first kappa shape index (κ1) is 12.5. The molecule has 1 saturated carbocycles. The fraction of sp³-hybridized carbons (Fsp3) is 0.625. The summed E-state index contributed by atoms with van der Waals surface area (Å²) in [6.07, 6.45) is 9.45. The predicted octanol–water partition coefficient (Wildman–Crippen LogP) is 4.69. The number of hydrogen-bond acceptors (Lipinski definition) is 1. The molecule has 0 saturated heterocycles. The third-order valence-corrected chi connectivity index (χ3v) is 3.95. The van der Waals surface area contributed by atoms with E-state index >= 15 is 0 Å². The van der Waals surface area contributed by atoms with Gasteiger partial charge in [0.25, 0.3) is 0 Å². The predicted molar refractivity (Wildman–Crippen MR) is 75.7 cm³/mol. The Hall–Kier alpha value is -0.980. The molecule has 0 bridgehead atoms. The highest BCUT2D eigenvalue weighted by Gasteiger charge is 2.11. The van der Waals surface area contributed by atoms with Crippen LogP contribution in [0.5, 0.6) is 0 Å². The fourth-order valence-electron chi connectivity index (χ4n) is 2.84. The van der Waals surface area contributed by atoms with E-state index < -0.39 is 0 Å². The quantitative estimate of drug-likeness (QED) is 0.744. The van der Waals surface area contributed by atoms with Crippen molar-refractivity contribution < 1.29 is 0 Å². The van der Waals surface area contributed by atoms with Crippen LogP contribution < -0.4 is 5.32 Å². The van der Waals surface area contributed by atoms with Crippen molar-refractivity contribution >= 4 is 5.69 Å². The normalized spacial score (nSPS) is 17.8. The maximum Gasteiger partial charge on any atom is 0.0345 e. The van der Waals surface area contributed by atoms with Crippen molar-refractivity contribution in [3.05, 3.63) is 29.3 Å².